The average molecular weight is 297 g/mol. The second-order valence-corrected chi connectivity index (χ2v) is 5.61. The Bertz CT molecular complexity index is 606. The summed E-state index contributed by atoms with van der Waals surface area (Å²) in [6.07, 6.45) is 3.66. The molecule has 1 heterocycles. The number of nitrogens with one attached hydrogen (secondary N) is 1. The molecule has 0 atom stereocenters. The molecule has 1 N–H and O–H groups in total. The van der Waals surface area contributed by atoms with E-state index in [-0.39, 0.29) is 17.5 Å². The van der Waals surface area contributed by atoms with Crippen LogP contribution in [-0.4, -0.2) is 38.3 Å². The molecule has 0 radical (unpaired) electrons. The largest absolute Gasteiger partial charge is 0.378 e. The maximum atomic E-state index is 11.9. The van der Waals surface area contributed by atoms with E-state index in [4.69, 9.17) is 10.00 Å². The molecule has 0 aromatic heterocycles. The highest BCUT2D eigenvalue weighted by Crippen LogP contribution is 2.20. The molecule has 1 saturated heterocycles. The standard InChI is InChI=1S/C17H19N3O2/c18-12-14(17(21)19-15-3-4-15)11-13-1-5-16(6-2-13)20-7-9-22-10-8-20/h1-2,5-6,11,15H,3-4,7-10H2,(H,19,21)/b14-11+. The summed E-state index contributed by atoms with van der Waals surface area (Å²) in [5, 5.41) is 12.0. The number of amides is 1. The van der Waals surface area contributed by atoms with Crippen molar-refractivity contribution in [2.75, 3.05) is 31.2 Å². The van der Waals surface area contributed by atoms with Crippen molar-refractivity contribution >= 4 is 17.7 Å². The Labute approximate surface area is 130 Å². The number of morpholine rings is 1. The first-order valence-electron chi connectivity index (χ1n) is 7.62. The van der Waals surface area contributed by atoms with Gasteiger partial charge >= 0.3 is 0 Å². The molecule has 1 aromatic carbocycles. The fourth-order valence-electron chi connectivity index (χ4n) is 2.41. The monoisotopic (exact) mass is 297 g/mol. The van der Waals surface area contributed by atoms with Crippen LogP contribution in [0.4, 0.5) is 5.69 Å². The summed E-state index contributed by atoms with van der Waals surface area (Å²) >= 11 is 0. The molecule has 0 unspecified atom stereocenters. The van der Waals surface area contributed by atoms with Crippen molar-refractivity contribution in [2.24, 2.45) is 0 Å². The molecule has 0 bridgehead atoms. The molecule has 5 nitrogen and oxygen atoms in total. The molecule has 2 fully saturated rings. The van der Waals surface area contributed by atoms with Gasteiger partial charge in [-0.05, 0) is 36.6 Å². The molecule has 1 amide bonds. The number of hydrogen-bond donors (Lipinski definition) is 1. The van der Waals surface area contributed by atoms with E-state index >= 15 is 0 Å². The van der Waals surface area contributed by atoms with Crippen molar-refractivity contribution in [3.8, 4) is 6.07 Å². The molecule has 1 aliphatic carbocycles. The first-order valence-corrected chi connectivity index (χ1v) is 7.62. The Hall–Kier alpha value is -2.32. The minimum absolute atomic E-state index is 0.158. The van der Waals surface area contributed by atoms with Crippen LogP contribution in [0.3, 0.4) is 0 Å². The van der Waals surface area contributed by atoms with Crippen molar-refractivity contribution in [3.05, 3.63) is 35.4 Å². The molecule has 2 aliphatic rings. The van der Waals surface area contributed by atoms with Gasteiger partial charge in [0, 0.05) is 24.8 Å². The molecule has 0 spiro atoms. The number of carbonyl (C=O) groups is 1. The van der Waals surface area contributed by atoms with Gasteiger partial charge in [-0.2, -0.15) is 5.26 Å². The summed E-state index contributed by atoms with van der Waals surface area (Å²) in [7, 11) is 0. The molecular formula is C17H19N3O2. The van der Waals surface area contributed by atoms with Crippen molar-refractivity contribution < 1.29 is 9.53 Å². The quantitative estimate of drug-likeness (QED) is 0.679. The third-order valence-electron chi connectivity index (χ3n) is 3.86. The van der Waals surface area contributed by atoms with Crippen LogP contribution >= 0.6 is 0 Å². The maximum absolute atomic E-state index is 11.9. The Morgan fingerprint density at radius 2 is 1.95 bits per heavy atom. The molecule has 1 aromatic rings. The van der Waals surface area contributed by atoms with Gasteiger partial charge in [-0.1, -0.05) is 12.1 Å². The second kappa shape index (κ2) is 6.63. The van der Waals surface area contributed by atoms with Crippen LogP contribution in [0, 0.1) is 11.3 Å². The van der Waals surface area contributed by atoms with Crippen LogP contribution in [0.25, 0.3) is 6.08 Å². The normalized spacial score (nSPS) is 18.7. The van der Waals surface area contributed by atoms with E-state index in [9.17, 15) is 4.79 Å². The summed E-state index contributed by atoms with van der Waals surface area (Å²) in [5.41, 5.74) is 2.16. The van der Waals surface area contributed by atoms with E-state index in [1.165, 1.54) is 0 Å². The van der Waals surface area contributed by atoms with Crippen LogP contribution in [0.1, 0.15) is 18.4 Å². The summed E-state index contributed by atoms with van der Waals surface area (Å²) in [5.74, 6) is -0.276. The number of anilines is 1. The van der Waals surface area contributed by atoms with Crippen molar-refractivity contribution in [1.82, 2.24) is 5.32 Å². The smallest absolute Gasteiger partial charge is 0.262 e. The van der Waals surface area contributed by atoms with Crippen molar-refractivity contribution in [2.45, 2.75) is 18.9 Å². The number of ether oxygens (including phenoxy) is 1. The number of nitriles is 1. The van der Waals surface area contributed by atoms with Gasteiger partial charge < -0.3 is 15.0 Å². The van der Waals surface area contributed by atoms with Crippen LogP contribution in [0.15, 0.2) is 29.8 Å². The highest BCUT2D eigenvalue weighted by atomic mass is 16.5. The number of carbonyl (C=O) groups excluding carboxylic acids is 1. The van der Waals surface area contributed by atoms with Gasteiger partial charge in [-0.25, -0.2) is 0 Å². The summed E-state index contributed by atoms with van der Waals surface area (Å²) in [6, 6.07) is 10.2. The lowest BCUT2D eigenvalue weighted by Gasteiger charge is -2.28. The van der Waals surface area contributed by atoms with E-state index in [0.717, 1.165) is 50.4 Å². The molecule has 114 valence electrons. The number of hydrogen-bond acceptors (Lipinski definition) is 4. The number of nitrogens with zero attached hydrogens (tertiary/aromatic N) is 2. The highest BCUT2D eigenvalue weighted by molar-refractivity contribution is 6.02. The first kappa shape index (κ1) is 14.6. The maximum Gasteiger partial charge on any atom is 0.262 e. The van der Waals surface area contributed by atoms with Gasteiger partial charge in [0.05, 0.1) is 13.2 Å². The highest BCUT2D eigenvalue weighted by Gasteiger charge is 2.24. The summed E-state index contributed by atoms with van der Waals surface area (Å²) < 4.78 is 5.34. The minimum Gasteiger partial charge on any atom is -0.378 e. The van der Waals surface area contributed by atoms with Crippen molar-refractivity contribution in [3.63, 3.8) is 0 Å². The summed E-state index contributed by atoms with van der Waals surface area (Å²) in [4.78, 5) is 14.2. The minimum atomic E-state index is -0.276. The van der Waals surface area contributed by atoms with Crippen LogP contribution in [-0.2, 0) is 9.53 Å². The molecule has 1 aliphatic heterocycles. The fourth-order valence-corrected chi connectivity index (χ4v) is 2.41. The van der Waals surface area contributed by atoms with E-state index in [1.54, 1.807) is 6.08 Å². The average Bonchev–Trinajstić information content (AvgIpc) is 3.38. The lowest BCUT2D eigenvalue weighted by atomic mass is 10.1. The molecule has 3 rings (SSSR count). The zero-order valence-corrected chi connectivity index (χ0v) is 12.4. The van der Waals surface area contributed by atoms with Gasteiger partial charge in [0.25, 0.3) is 5.91 Å². The Morgan fingerprint density at radius 3 is 2.55 bits per heavy atom. The summed E-state index contributed by atoms with van der Waals surface area (Å²) in [6.45, 7) is 3.29. The van der Waals surface area contributed by atoms with E-state index < -0.39 is 0 Å². The number of benzene rings is 1. The van der Waals surface area contributed by atoms with Gasteiger partial charge in [0.15, 0.2) is 0 Å². The van der Waals surface area contributed by atoms with Crippen LogP contribution in [0.2, 0.25) is 0 Å². The van der Waals surface area contributed by atoms with Crippen LogP contribution < -0.4 is 10.2 Å². The number of rotatable bonds is 4. The van der Waals surface area contributed by atoms with Gasteiger partial charge in [0.2, 0.25) is 0 Å². The van der Waals surface area contributed by atoms with E-state index in [2.05, 4.69) is 10.2 Å². The lowest BCUT2D eigenvalue weighted by Crippen LogP contribution is -2.36. The molecule has 1 saturated carbocycles. The van der Waals surface area contributed by atoms with E-state index in [1.807, 2.05) is 30.3 Å². The SMILES string of the molecule is N#C/C(=C\c1ccc(N2CCOCC2)cc1)C(=O)NC1CC1. The Morgan fingerprint density at radius 1 is 1.27 bits per heavy atom. The van der Waals surface area contributed by atoms with Gasteiger partial charge in [-0.15, -0.1) is 0 Å². The first-order chi connectivity index (χ1) is 10.8. The third kappa shape index (κ3) is 3.66. The molecular weight excluding hydrogens is 278 g/mol. The Kier molecular flexibility index (Phi) is 4.40. The topological polar surface area (TPSA) is 65.4 Å². The fraction of sp³-hybridized carbons (Fsp3) is 0.412. The van der Waals surface area contributed by atoms with Gasteiger partial charge in [0.1, 0.15) is 11.6 Å². The lowest BCUT2D eigenvalue weighted by molar-refractivity contribution is -0.117. The zero-order chi connectivity index (χ0) is 15.4. The second-order valence-electron chi connectivity index (χ2n) is 5.61. The third-order valence-corrected chi connectivity index (χ3v) is 3.86. The zero-order valence-electron chi connectivity index (χ0n) is 12.4. The predicted octanol–water partition coefficient (Wildman–Crippen LogP) is 1.71. The van der Waals surface area contributed by atoms with Gasteiger partial charge in [-0.3, -0.25) is 4.79 Å². The van der Waals surface area contributed by atoms with E-state index in [0.29, 0.717) is 0 Å². The van der Waals surface area contributed by atoms with Crippen LogP contribution in [0.5, 0.6) is 0 Å². The molecule has 22 heavy (non-hydrogen) atoms. The Balaban J connectivity index is 1.69. The molecule has 5 heteroatoms. The van der Waals surface area contributed by atoms with Crippen molar-refractivity contribution in [1.29, 1.82) is 5.26 Å². The predicted molar refractivity (Wildman–Crippen MR) is 84.2 cm³/mol.